The van der Waals surface area contributed by atoms with Crippen molar-refractivity contribution in [3.8, 4) is 0 Å². The normalized spacial score (nSPS) is 13.2. The van der Waals surface area contributed by atoms with E-state index < -0.39 is 0 Å². The van der Waals surface area contributed by atoms with Gasteiger partial charge in [0.25, 0.3) is 0 Å². The van der Waals surface area contributed by atoms with E-state index in [-0.39, 0.29) is 0 Å². The lowest BCUT2D eigenvalue weighted by molar-refractivity contribution is 0.524. The molecule has 0 aliphatic carbocycles. The topological polar surface area (TPSA) is 30.7 Å². The predicted molar refractivity (Wildman–Crippen MR) is 48.9 cm³/mol. The summed E-state index contributed by atoms with van der Waals surface area (Å²) in [4.78, 5) is 0. The first kappa shape index (κ1) is 9.23. The molecule has 3 heteroatoms. The van der Waals surface area contributed by atoms with Crippen LogP contribution in [0.4, 0.5) is 0 Å². The zero-order chi connectivity index (χ0) is 8.97. The Balaban J connectivity index is 2.61. The summed E-state index contributed by atoms with van der Waals surface area (Å²) in [5.74, 6) is 1.83. The van der Waals surface area contributed by atoms with Crippen molar-refractivity contribution in [1.82, 2.24) is 14.8 Å². The third-order valence-electron chi connectivity index (χ3n) is 2.26. The Bertz CT molecular complexity index is 229. The molecule has 1 unspecified atom stereocenters. The van der Waals surface area contributed by atoms with Crippen LogP contribution in [0.3, 0.4) is 0 Å². The Labute approximate surface area is 73.8 Å². The summed E-state index contributed by atoms with van der Waals surface area (Å²) < 4.78 is 2.10. The first-order valence-corrected chi connectivity index (χ1v) is 4.64. The van der Waals surface area contributed by atoms with Crippen molar-refractivity contribution in [2.75, 3.05) is 0 Å². The fraction of sp³-hybridized carbons (Fsp3) is 0.778. The molecule has 1 aromatic heterocycles. The lowest BCUT2D eigenvalue weighted by Crippen LogP contribution is -2.06. The van der Waals surface area contributed by atoms with Crippen LogP contribution in [-0.2, 0) is 13.0 Å². The molecule has 0 aromatic carbocycles. The summed E-state index contributed by atoms with van der Waals surface area (Å²) in [6.07, 6.45) is 4.05. The van der Waals surface area contributed by atoms with Gasteiger partial charge in [0.05, 0.1) is 0 Å². The van der Waals surface area contributed by atoms with Gasteiger partial charge in [-0.2, -0.15) is 0 Å². The third kappa shape index (κ3) is 2.06. The number of hydrogen-bond donors (Lipinski definition) is 0. The molecule has 0 radical (unpaired) electrons. The van der Waals surface area contributed by atoms with Gasteiger partial charge in [-0.05, 0) is 12.8 Å². The van der Waals surface area contributed by atoms with Crippen molar-refractivity contribution in [3.63, 3.8) is 0 Å². The van der Waals surface area contributed by atoms with Crippen LogP contribution in [-0.4, -0.2) is 14.8 Å². The molecule has 68 valence electrons. The van der Waals surface area contributed by atoms with E-state index >= 15 is 0 Å². The van der Waals surface area contributed by atoms with Crippen molar-refractivity contribution < 1.29 is 0 Å². The number of hydrogen-bond acceptors (Lipinski definition) is 2. The molecule has 0 N–H and O–H groups in total. The molecule has 0 saturated heterocycles. The Morgan fingerprint density at radius 2 is 2.25 bits per heavy atom. The van der Waals surface area contributed by atoms with Gasteiger partial charge in [0.2, 0.25) is 0 Å². The number of aryl methyl sites for hydroxylation is 1. The van der Waals surface area contributed by atoms with Crippen molar-refractivity contribution in [2.45, 2.75) is 40.2 Å². The zero-order valence-electron chi connectivity index (χ0n) is 8.12. The van der Waals surface area contributed by atoms with Gasteiger partial charge in [-0.3, -0.25) is 0 Å². The fourth-order valence-corrected chi connectivity index (χ4v) is 1.16. The second-order valence-corrected chi connectivity index (χ2v) is 3.25. The van der Waals surface area contributed by atoms with Crippen LogP contribution in [0, 0.1) is 5.92 Å². The monoisotopic (exact) mass is 167 g/mol. The van der Waals surface area contributed by atoms with E-state index in [0.717, 1.165) is 18.8 Å². The van der Waals surface area contributed by atoms with Gasteiger partial charge in [-0.25, -0.2) is 0 Å². The number of aromatic nitrogens is 3. The quantitative estimate of drug-likeness (QED) is 0.685. The Morgan fingerprint density at radius 1 is 1.50 bits per heavy atom. The SMILES string of the molecule is CCC(C)Cc1nncn1CC. The summed E-state index contributed by atoms with van der Waals surface area (Å²) in [7, 11) is 0. The second-order valence-electron chi connectivity index (χ2n) is 3.25. The maximum absolute atomic E-state index is 4.09. The summed E-state index contributed by atoms with van der Waals surface area (Å²) >= 11 is 0. The van der Waals surface area contributed by atoms with Crippen molar-refractivity contribution in [1.29, 1.82) is 0 Å². The Morgan fingerprint density at radius 3 is 2.83 bits per heavy atom. The fourth-order valence-electron chi connectivity index (χ4n) is 1.16. The zero-order valence-corrected chi connectivity index (χ0v) is 8.12. The minimum atomic E-state index is 0.708. The highest BCUT2D eigenvalue weighted by Gasteiger charge is 2.06. The maximum Gasteiger partial charge on any atom is 0.133 e. The summed E-state index contributed by atoms with van der Waals surface area (Å²) in [6.45, 7) is 7.54. The molecular weight excluding hydrogens is 150 g/mol. The Hall–Kier alpha value is -0.860. The molecule has 0 aliphatic heterocycles. The molecule has 1 heterocycles. The predicted octanol–water partition coefficient (Wildman–Crippen LogP) is 1.89. The smallest absolute Gasteiger partial charge is 0.133 e. The molecular formula is C9H17N3. The largest absolute Gasteiger partial charge is 0.318 e. The van der Waals surface area contributed by atoms with E-state index in [1.807, 2.05) is 0 Å². The van der Waals surface area contributed by atoms with E-state index in [0.29, 0.717) is 5.92 Å². The van der Waals surface area contributed by atoms with Crippen LogP contribution < -0.4 is 0 Å². The van der Waals surface area contributed by atoms with Crippen LogP contribution in [0.5, 0.6) is 0 Å². The Kier molecular flexibility index (Phi) is 3.26. The standard InChI is InChI=1S/C9H17N3/c1-4-8(3)6-9-11-10-7-12(9)5-2/h7-8H,4-6H2,1-3H3. The molecule has 1 rings (SSSR count). The lowest BCUT2D eigenvalue weighted by atomic mass is 10.1. The van der Waals surface area contributed by atoms with E-state index in [1.165, 1.54) is 6.42 Å². The van der Waals surface area contributed by atoms with Gasteiger partial charge in [-0.15, -0.1) is 10.2 Å². The number of rotatable bonds is 4. The number of nitrogens with zero attached hydrogens (tertiary/aromatic N) is 3. The summed E-state index contributed by atoms with van der Waals surface area (Å²) in [5.41, 5.74) is 0. The van der Waals surface area contributed by atoms with Crippen LogP contribution in [0.25, 0.3) is 0 Å². The van der Waals surface area contributed by atoms with Crippen molar-refractivity contribution >= 4 is 0 Å². The molecule has 0 amide bonds. The average Bonchev–Trinajstić information content (AvgIpc) is 2.51. The molecule has 0 spiro atoms. The molecule has 0 aliphatic rings. The lowest BCUT2D eigenvalue weighted by Gasteiger charge is -2.07. The van der Waals surface area contributed by atoms with Gasteiger partial charge < -0.3 is 4.57 Å². The first-order valence-electron chi connectivity index (χ1n) is 4.64. The molecule has 0 bridgehead atoms. The maximum atomic E-state index is 4.09. The highest BCUT2D eigenvalue weighted by atomic mass is 15.3. The summed E-state index contributed by atoms with van der Waals surface area (Å²) in [6, 6.07) is 0. The minimum absolute atomic E-state index is 0.708. The van der Waals surface area contributed by atoms with Crippen LogP contribution in [0.1, 0.15) is 33.0 Å². The molecule has 0 saturated carbocycles. The minimum Gasteiger partial charge on any atom is -0.318 e. The van der Waals surface area contributed by atoms with Gasteiger partial charge in [0, 0.05) is 13.0 Å². The second kappa shape index (κ2) is 4.24. The van der Waals surface area contributed by atoms with E-state index in [4.69, 9.17) is 0 Å². The van der Waals surface area contributed by atoms with E-state index in [1.54, 1.807) is 6.33 Å². The van der Waals surface area contributed by atoms with Crippen LogP contribution in [0.15, 0.2) is 6.33 Å². The summed E-state index contributed by atoms with van der Waals surface area (Å²) in [5, 5.41) is 7.98. The molecule has 3 nitrogen and oxygen atoms in total. The molecule has 1 atom stereocenters. The molecule has 1 aromatic rings. The average molecular weight is 167 g/mol. The van der Waals surface area contributed by atoms with Crippen molar-refractivity contribution in [2.24, 2.45) is 5.92 Å². The molecule has 0 fully saturated rings. The first-order chi connectivity index (χ1) is 5.77. The highest BCUT2D eigenvalue weighted by molar-refractivity contribution is 4.86. The van der Waals surface area contributed by atoms with Crippen LogP contribution >= 0.6 is 0 Å². The third-order valence-corrected chi connectivity index (χ3v) is 2.26. The highest BCUT2D eigenvalue weighted by Crippen LogP contribution is 2.08. The molecule has 12 heavy (non-hydrogen) atoms. The van der Waals surface area contributed by atoms with Crippen molar-refractivity contribution in [3.05, 3.63) is 12.2 Å². The van der Waals surface area contributed by atoms with E-state index in [9.17, 15) is 0 Å². The van der Waals surface area contributed by atoms with Gasteiger partial charge in [0.1, 0.15) is 12.2 Å². The van der Waals surface area contributed by atoms with Gasteiger partial charge in [-0.1, -0.05) is 20.3 Å². The van der Waals surface area contributed by atoms with Crippen LogP contribution in [0.2, 0.25) is 0 Å². The van der Waals surface area contributed by atoms with Gasteiger partial charge in [0.15, 0.2) is 0 Å². The van der Waals surface area contributed by atoms with E-state index in [2.05, 4.69) is 35.5 Å². The van der Waals surface area contributed by atoms with Gasteiger partial charge >= 0.3 is 0 Å².